The van der Waals surface area contributed by atoms with Crippen molar-refractivity contribution in [3.8, 4) is 11.8 Å². The van der Waals surface area contributed by atoms with Gasteiger partial charge in [0, 0.05) is 24.4 Å². The fourth-order valence-corrected chi connectivity index (χ4v) is 6.74. The average molecular weight is 540 g/mol. The molecule has 3 N–H and O–H groups in total. The van der Waals surface area contributed by atoms with Gasteiger partial charge >= 0.3 is 0 Å². The topological polar surface area (TPSA) is 127 Å². The number of aromatic amines is 1. The summed E-state index contributed by atoms with van der Waals surface area (Å²) in [5.74, 6) is -0.386. The molecule has 3 heterocycles. The number of hydrogen-bond donors (Lipinski definition) is 3. The first-order valence-electron chi connectivity index (χ1n) is 13.5. The van der Waals surface area contributed by atoms with Gasteiger partial charge in [0.15, 0.2) is 0 Å². The fourth-order valence-electron chi connectivity index (χ4n) is 6.53. The molecule has 0 radical (unpaired) electrons. The summed E-state index contributed by atoms with van der Waals surface area (Å²) in [5.41, 5.74) is 0.841. The summed E-state index contributed by atoms with van der Waals surface area (Å²) in [4.78, 5) is 44.6. The number of methoxy groups -OCH3 is 1. The van der Waals surface area contributed by atoms with Crippen LogP contribution in [0.4, 0.5) is 0 Å². The molecule has 0 bridgehead atoms. The number of likely N-dealkylation sites (tertiary alicyclic amines) is 1. The zero-order valence-electron chi connectivity index (χ0n) is 21.6. The van der Waals surface area contributed by atoms with E-state index in [4.69, 9.17) is 16.3 Å². The number of rotatable bonds is 6. The number of aromatic nitrogens is 1. The highest BCUT2D eigenvalue weighted by atomic mass is 35.5. The van der Waals surface area contributed by atoms with Crippen molar-refractivity contribution in [2.45, 2.75) is 69.9 Å². The predicted octanol–water partition coefficient (Wildman–Crippen LogP) is 3.92. The molecule has 10 heteroatoms. The van der Waals surface area contributed by atoms with Crippen LogP contribution in [0, 0.1) is 22.7 Å². The molecule has 2 aromatic rings. The Kier molecular flexibility index (Phi) is 7.53. The van der Waals surface area contributed by atoms with Gasteiger partial charge in [-0.3, -0.25) is 14.4 Å². The number of hydrogen-bond acceptors (Lipinski definition) is 5. The third-order valence-corrected chi connectivity index (χ3v) is 8.85. The second-order valence-electron chi connectivity index (χ2n) is 11.0. The summed E-state index contributed by atoms with van der Waals surface area (Å²) in [5, 5.41) is 16.7. The van der Waals surface area contributed by atoms with Gasteiger partial charge in [-0.25, -0.2) is 0 Å². The normalized spacial score (nSPS) is 23.6. The van der Waals surface area contributed by atoms with Gasteiger partial charge in [0.2, 0.25) is 11.8 Å². The number of carbonyl (C=O) groups excluding carboxylic acids is 3. The molecule has 2 saturated heterocycles. The van der Waals surface area contributed by atoms with Crippen molar-refractivity contribution in [2.75, 3.05) is 20.2 Å². The summed E-state index contributed by atoms with van der Waals surface area (Å²) in [6.07, 6.45) is 7.64. The van der Waals surface area contributed by atoms with Crippen LogP contribution in [0.1, 0.15) is 68.3 Å². The molecule has 3 amide bonds. The van der Waals surface area contributed by atoms with Crippen LogP contribution in [0.25, 0.3) is 10.9 Å². The number of halogens is 1. The number of piperidine rings is 1. The summed E-state index contributed by atoms with van der Waals surface area (Å²) < 4.78 is 5.45. The van der Waals surface area contributed by atoms with Gasteiger partial charge in [0.25, 0.3) is 5.91 Å². The number of ether oxygens (including phenoxy) is 1. The molecule has 0 unspecified atom stereocenters. The molecule has 3 atom stereocenters. The lowest BCUT2D eigenvalue weighted by atomic mass is 9.72. The predicted molar refractivity (Wildman–Crippen MR) is 143 cm³/mol. The highest BCUT2D eigenvalue weighted by Gasteiger charge is 2.49. The number of nitrogens with one attached hydrogen (secondary N) is 3. The molecule has 1 saturated carbocycles. The Bertz CT molecular complexity index is 1280. The SMILES string of the molecule is COc1ccc(Cl)c2[nH]c(C(=O)N3CC4(CCCCC4)C[C@@H]3C(=O)N[C@H](C#N)C[C@@H]3CCCNC3=O)cc12. The molecule has 1 spiro atoms. The lowest BCUT2D eigenvalue weighted by Crippen LogP contribution is -2.49. The largest absolute Gasteiger partial charge is 0.496 e. The quantitative estimate of drug-likeness (QED) is 0.512. The second-order valence-corrected chi connectivity index (χ2v) is 11.4. The lowest BCUT2D eigenvalue weighted by Gasteiger charge is -2.32. The number of amides is 3. The maximum atomic E-state index is 13.9. The molecule has 3 aliphatic rings. The maximum absolute atomic E-state index is 13.9. The Balaban J connectivity index is 1.39. The number of fused-ring (bicyclic) bond motifs is 1. The minimum Gasteiger partial charge on any atom is -0.496 e. The van der Waals surface area contributed by atoms with Crippen molar-refractivity contribution < 1.29 is 19.1 Å². The van der Waals surface area contributed by atoms with Crippen molar-refractivity contribution in [3.63, 3.8) is 0 Å². The lowest BCUT2D eigenvalue weighted by molar-refractivity contribution is -0.128. The van der Waals surface area contributed by atoms with Gasteiger partial charge in [0.1, 0.15) is 23.5 Å². The minimum atomic E-state index is -0.799. The van der Waals surface area contributed by atoms with Crippen molar-refractivity contribution in [1.29, 1.82) is 5.26 Å². The Hall–Kier alpha value is -3.25. The molecule has 1 aliphatic carbocycles. The second kappa shape index (κ2) is 10.9. The molecule has 38 heavy (non-hydrogen) atoms. The zero-order chi connectivity index (χ0) is 26.9. The van der Waals surface area contributed by atoms with E-state index in [9.17, 15) is 19.6 Å². The number of carbonyl (C=O) groups is 3. The Morgan fingerprint density at radius 3 is 2.79 bits per heavy atom. The van der Waals surface area contributed by atoms with Crippen LogP contribution >= 0.6 is 11.6 Å². The van der Waals surface area contributed by atoms with Gasteiger partial charge < -0.3 is 25.3 Å². The minimum absolute atomic E-state index is 0.0718. The van der Waals surface area contributed by atoms with Gasteiger partial charge in [-0.2, -0.15) is 5.26 Å². The van der Waals surface area contributed by atoms with Crippen LogP contribution in [-0.2, 0) is 9.59 Å². The van der Waals surface area contributed by atoms with Crippen LogP contribution in [0.5, 0.6) is 5.75 Å². The molecule has 202 valence electrons. The molecule has 1 aromatic heterocycles. The molecule has 1 aromatic carbocycles. The van der Waals surface area contributed by atoms with Crippen molar-refractivity contribution in [3.05, 3.63) is 28.9 Å². The maximum Gasteiger partial charge on any atom is 0.271 e. The van der Waals surface area contributed by atoms with E-state index in [1.54, 1.807) is 30.2 Å². The summed E-state index contributed by atoms with van der Waals surface area (Å²) in [6, 6.07) is 5.86. The van der Waals surface area contributed by atoms with Crippen LogP contribution in [0.3, 0.4) is 0 Å². The number of nitrogens with zero attached hydrogens (tertiary/aromatic N) is 2. The fraction of sp³-hybridized carbons (Fsp3) is 0.571. The third-order valence-electron chi connectivity index (χ3n) is 8.53. The van der Waals surface area contributed by atoms with Crippen LogP contribution in [0.2, 0.25) is 5.02 Å². The number of H-pyrrole nitrogens is 1. The first kappa shape index (κ1) is 26.4. The summed E-state index contributed by atoms with van der Waals surface area (Å²) in [7, 11) is 1.56. The van der Waals surface area contributed by atoms with Crippen molar-refractivity contribution in [1.82, 2.24) is 20.5 Å². The van der Waals surface area contributed by atoms with E-state index in [1.165, 1.54) is 0 Å². The monoisotopic (exact) mass is 539 g/mol. The molecule has 5 rings (SSSR count). The van der Waals surface area contributed by atoms with E-state index in [2.05, 4.69) is 21.7 Å². The standard InChI is InChI=1S/C28H34ClN5O4/c1-38-23-8-7-20(29)24-19(23)13-21(33-24)27(37)34-16-28(9-3-2-4-10-28)14-22(34)26(36)32-18(15-30)12-17-6-5-11-31-25(17)35/h7-8,13,17-18,22,33H,2-6,9-12,14,16H2,1H3,(H,31,35)(H,32,36)/t17-,18-,22+/m0/s1. The van der Waals surface area contributed by atoms with E-state index < -0.39 is 12.1 Å². The highest BCUT2D eigenvalue weighted by molar-refractivity contribution is 6.35. The first-order chi connectivity index (χ1) is 18.3. The number of nitriles is 1. The van der Waals surface area contributed by atoms with E-state index in [1.807, 2.05) is 0 Å². The Labute approximate surface area is 227 Å². The van der Waals surface area contributed by atoms with Gasteiger partial charge in [-0.1, -0.05) is 30.9 Å². The molecular weight excluding hydrogens is 506 g/mol. The van der Waals surface area contributed by atoms with E-state index in [0.717, 1.165) is 38.5 Å². The van der Waals surface area contributed by atoms with Crippen molar-refractivity contribution in [2.24, 2.45) is 11.3 Å². The first-order valence-corrected chi connectivity index (χ1v) is 13.9. The summed E-state index contributed by atoms with van der Waals surface area (Å²) in [6.45, 7) is 1.14. The van der Waals surface area contributed by atoms with Crippen molar-refractivity contribution >= 4 is 40.2 Å². The van der Waals surface area contributed by atoms with E-state index in [-0.39, 0.29) is 35.5 Å². The smallest absolute Gasteiger partial charge is 0.271 e. The van der Waals surface area contributed by atoms with Gasteiger partial charge in [-0.05, 0) is 62.1 Å². The summed E-state index contributed by atoms with van der Waals surface area (Å²) >= 11 is 6.39. The highest BCUT2D eigenvalue weighted by Crippen LogP contribution is 2.47. The molecule has 9 nitrogen and oxygen atoms in total. The Morgan fingerprint density at radius 1 is 1.29 bits per heavy atom. The van der Waals surface area contributed by atoms with Gasteiger partial charge in [0.05, 0.1) is 23.7 Å². The van der Waals surface area contributed by atoms with Crippen LogP contribution in [-0.4, -0.2) is 59.9 Å². The molecule has 2 aliphatic heterocycles. The Morgan fingerprint density at radius 2 is 2.08 bits per heavy atom. The average Bonchev–Trinajstić information content (AvgIpc) is 3.53. The molecular formula is C28H34ClN5O4. The van der Waals surface area contributed by atoms with Crippen LogP contribution in [0.15, 0.2) is 18.2 Å². The van der Waals surface area contributed by atoms with Gasteiger partial charge in [-0.15, -0.1) is 0 Å². The third kappa shape index (κ3) is 5.06. The number of benzene rings is 1. The zero-order valence-corrected chi connectivity index (χ0v) is 22.4. The van der Waals surface area contributed by atoms with Crippen LogP contribution < -0.4 is 15.4 Å². The molecule has 3 fully saturated rings. The van der Waals surface area contributed by atoms with E-state index in [0.29, 0.717) is 53.3 Å². The van der Waals surface area contributed by atoms with E-state index >= 15 is 0 Å².